The smallest absolute Gasteiger partial charge is 0.425 e. The summed E-state index contributed by atoms with van der Waals surface area (Å²) < 4.78 is 14.7. The summed E-state index contributed by atoms with van der Waals surface area (Å²) in [7, 11) is 2.45. The second-order valence-corrected chi connectivity index (χ2v) is 5.47. The van der Waals surface area contributed by atoms with Gasteiger partial charge in [0.05, 0.1) is 20.8 Å². The van der Waals surface area contributed by atoms with E-state index in [0.717, 1.165) is 10.6 Å². The third kappa shape index (κ3) is 4.08. The van der Waals surface area contributed by atoms with Gasteiger partial charge in [0.1, 0.15) is 5.92 Å². The summed E-state index contributed by atoms with van der Waals surface area (Å²) in [6, 6.07) is 8.28. The Morgan fingerprint density at radius 3 is 2.28 bits per heavy atom. The number of amides is 1. The molecule has 2 atom stereocenters. The molecule has 1 aromatic carbocycles. The van der Waals surface area contributed by atoms with Gasteiger partial charge >= 0.3 is 18.0 Å². The van der Waals surface area contributed by atoms with Crippen LogP contribution in [0.25, 0.3) is 0 Å². The number of benzene rings is 1. The highest BCUT2D eigenvalue weighted by atomic mass is 16.6. The lowest BCUT2D eigenvalue weighted by Crippen LogP contribution is -2.50. The molecule has 0 N–H and O–H groups in total. The molecule has 0 spiro atoms. The number of esters is 2. The van der Waals surface area contributed by atoms with Crippen LogP contribution < -0.4 is 0 Å². The summed E-state index contributed by atoms with van der Waals surface area (Å²) in [6.45, 7) is 2.28. The lowest BCUT2D eigenvalue weighted by atomic mass is 10.0. The molecule has 2 unspecified atom stereocenters. The van der Waals surface area contributed by atoms with E-state index in [9.17, 15) is 14.4 Å². The standard InChI is InChI=1S/C17H22N2O6/c1-4-25-17(22)19-14(16(21)24-3)13(15(20)23-2)11-18(19)10-12-8-6-5-7-9-12/h5-9,13-14H,4,10-11H2,1-3H3. The number of nitrogens with zero attached hydrogens (tertiary/aromatic N) is 2. The number of carbonyl (C=O) groups excluding carboxylic acids is 3. The van der Waals surface area contributed by atoms with Crippen molar-refractivity contribution in [3.8, 4) is 0 Å². The van der Waals surface area contributed by atoms with Crippen LogP contribution in [0, 0.1) is 5.92 Å². The van der Waals surface area contributed by atoms with E-state index >= 15 is 0 Å². The zero-order valence-electron chi connectivity index (χ0n) is 14.5. The van der Waals surface area contributed by atoms with E-state index in [1.165, 1.54) is 14.2 Å². The van der Waals surface area contributed by atoms with E-state index in [1.807, 2.05) is 30.3 Å². The van der Waals surface area contributed by atoms with Crippen molar-refractivity contribution in [3.05, 3.63) is 35.9 Å². The molecule has 1 aromatic rings. The van der Waals surface area contributed by atoms with Crippen molar-refractivity contribution in [3.63, 3.8) is 0 Å². The van der Waals surface area contributed by atoms with E-state index in [2.05, 4.69) is 0 Å². The van der Waals surface area contributed by atoms with E-state index < -0.39 is 30.0 Å². The van der Waals surface area contributed by atoms with Gasteiger partial charge in [-0.25, -0.2) is 19.6 Å². The summed E-state index contributed by atoms with van der Waals surface area (Å²) in [5, 5.41) is 2.76. The fourth-order valence-corrected chi connectivity index (χ4v) is 2.85. The number of hydrazine groups is 1. The summed E-state index contributed by atoms with van der Waals surface area (Å²) in [6.07, 6.45) is -0.708. The summed E-state index contributed by atoms with van der Waals surface area (Å²) in [5.41, 5.74) is 0.922. The van der Waals surface area contributed by atoms with Gasteiger partial charge in [0.2, 0.25) is 0 Å². The number of rotatable bonds is 5. The Morgan fingerprint density at radius 1 is 1.08 bits per heavy atom. The predicted molar refractivity (Wildman–Crippen MR) is 87.0 cm³/mol. The van der Waals surface area contributed by atoms with Crippen molar-refractivity contribution in [2.24, 2.45) is 5.92 Å². The Morgan fingerprint density at radius 2 is 1.72 bits per heavy atom. The number of methoxy groups -OCH3 is 2. The van der Waals surface area contributed by atoms with Crippen LogP contribution in [0.4, 0.5) is 4.79 Å². The molecule has 136 valence electrons. The first-order valence-electron chi connectivity index (χ1n) is 7.93. The van der Waals surface area contributed by atoms with E-state index in [-0.39, 0.29) is 13.2 Å². The molecule has 0 aromatic heterocycles. The molecule has 0 saturated carbocycles. The van der Waals surface area contributed by atoms with Crippen LogP contribution in [0.2, 0.25) is 0 Å². The largest absolute Gasteiger partial charge is 0.469 e. The van der Waals surface area contributed by atoms with Crippen LogP contribution in [-0.2, 0) is 30.3 Å². The first-order valence-corrected chi connectivity index (χ1v) is 7.93. The Labute approximate surface area is 146 Å². The van der Waals surface area contributed by atoms with Crippen LogP contribution in [0.1, 0.15) is 12.5 Å². The third-order valence-electron chi connectivity index (χ3n) is 3.97. The molecule has 25 heavy (non-hydrogen) atoms. The lowest BCUT2D eigenvalue weighted by molar-refractivity contribution is -0.156. The highest BCUT2D eigenvalue weighted by Gasteiger charge is 2.52. The van der Waals surface area contributed by atoms with Crippen LogP contribution in [0.15, 0.2) is 30.3 Å². The highest BCUT2D eigenvalue weighted by Crippen LogP contribution is 2.29. The molecule has 1 heterocycles. The molecule has 0 radical (unpaired) electrons. The summed E-state index contributed by atoms with van der Waals surface area (Å²) in [5.74, 6) is -2.13. The van der Waals surface area contributed by atoms with E-state index in [0.29, 0.717) is 6.54 Å². The molecule has 1 aliphatic rings. The van der Waals surface area contributed by atoms with Crippen molar-refractivity contribution in [2.45, 2.75) is 19.5 Å². The van der Waals surface area contributed by atoms with Gasteiger partial charge in [0.25, 0.3) is 0 Å². The minimum absolute atomic E-state index is 0.139. The third-order valence-corrected chi connectivity index (χ3v) is 3.97. The maximum absolute atomic E-state index is 12.4. The predicted octanol–water partition coefficient (Wildman–Crippen LogP) is 1.21. The zero-order valence-corrected chi connectivity index (χ0v) is 14.5. The van der Waals surface area contributed by atoms with Gasteiger partial charge in [-0.3, -0.25) is 4.79 Å². The van der Waals surface area contributed by atoms with Crippen LogP contribution in [0.5, 0.6) is 0 Å². The van der Waals surface area contributed by atoms with Crippen molar-refractivity contribution in [1.82, 2.24) is 10.0 Å². The first-order chi connectivity index (χ1) is 12.0. The molecule has 1 aliphatic heterocycles. The fourth-order valence-electron chi connectivity index (χ4n) is 2.85. The molecule has 2 rings (SSSR count). The first kappa shape index (κ1) is 18.7. The van der Waals surface area contributed by atoms with Crippen LogP contribution in [0.3, 0.4) is 0 Å². The number of hydrogen-bond donors (Lipinski definition) is 0. The molecular weight excluding hydrogens is 328 g/mol. The highest BCUT2D eigenvalue weighted by molar-refractivity contribution is 5.88. The molecule has 0 aliphatic carbocycles. The minimum Gasteiger partial charge on any atom is -0.469 e. The van der Waals surface area contributed by atoms with Gasteiger partial charge in [-0.15, -0.1) is 0 Å². The molecule has 1 saturated heterocycles. The van der Waals surface area contributed by atoms with Crippen molar-refractivity contribution < 1.29 is 28.6 Å². The maximum atomic E-state index is 12.4. The Bertz CT molecular complexity index is 621. The molecule has 1 amide bonds. The summed E-state index contributed by atoms with van der Waals surface area (Å²) in [4.78, 5) is 36.8. The van der Waals surface area contributed by atoms with Gasteiger partial charge < -0.3 is 14.2 Å². The zero-order chi connectivity index (χ0) is 18.4. The van der Waals surface area contributed by atoms with Gasteiger partial charge in [-0.2, -0.15) is 0 Å². The van der Waals surface area contributed by atoms with Crippen molar-refractivity contribution >= 4 is 18.0 Å². The monoisotopic (exact) mass is 350 g/mol. The van der Waals surface area contributed by atoms with Crippen LogP contribution >= 0.6 is 0 Å². The topological polar surface area (TPSA) is 85.4 Å². The number of ether oxygens (including phenoxy) is 3. The SMILES string of the molecule is CCOC(=O)N1C(C(=O)OC)C(C(=O)OC)CN1Cc1ccccc1. The number of carbonyl (C=O) groups is 3. The lowest BCUT2D eigenvalue weighted by Gasteiger charge is -2.30. The molecular formula is C17H22N2O6. The summed E-state index contributed by atoms with van der Waals surface area (Å²) >= 11 is 0. The Hall–Kier alpha value is -2.61. The second kappa shape index (κ2) is 8.48. The normalized spacial score (nSPS) is 20.2. The second-order valence-electron chi connectivity index (χ2n) is 5.47. The average Bonchev–Trinajstić information content (AvgIpc) is 3.00. The van der Waals surface area contributed by atoms with Gasteiger partial charge in [-0.05, 0) is 12.5 Å². The average molecular weight is 350 g/mol. The van der Waals surface area contributed by atoms with E-state index in [4.69, 9.17) is 14.2 Å². The molecule has 1 fully saturated rings. The van der Waals surface area contributed by atoms with Crippen molar-refractivity contribution in [2.75, 3.05) is 27.4 Å². The molecule has 8 nitrogen and oxygen atoms in total. The molecule has 8 heteroatoms. The minimum atomic E-state index is -1.12. The quantitative estimate of drug-likeness (QED) is 0.583. The van der Waals surface area contributed by atoms with Gasteiger partial charge in [0, 0.05) is 13.1 Å². The Balaban J connectivity index is 2.36. The van der Waals surface area contributed by atoms with Crippen LogP contribution in [-0.4, -0.2) is 61.5 Å². The van der Waals surface area contributed by atoms with Gasteiger partial charge in [0.15, 0.2) is 6.04 Å². The number of hydrogen-bond acceptors (Lipinski definition) is 7. The van der Waals surface area contributed by atoms with Crippen molar-refractivity contribution in [1.29, 1.82) is 0 Å². The Kier molecular flexibility index (Phi) is 6.35. The molecule has 0 bridgehead atoms. The van der Waals surface area contributed by atoms with E-state index in [1.54, 1.807) is 11.9 Å². The maximum Gasteiger partial charge on any atom is 0.425 e. The van der Waals surface area contributed by atoms with Gasteiger partial charge in [-0.1, -0.05) is 30.3 Å². The fraction of sp³-hybridized carbons (Fsp3) is 0.471.